The van der Waals surface area contributed by atoms with Crippen molar-refractivity contribution < 1.29 is 4.79 Å². The highest BCUT2D eigenvalue weighted by Gasteiger charge is 2.44. The van der Waals surface area contributed by atoms with Gasteiger partial charge < -0.3 is 4.90 Å². The van der Waals surface area contributed by atoms with Crippen LogP contribution in [-0.2, 0) is 0 Å². The standard InChI is InChI=1S/C13H14N4O/c18-13-9-4-1-2-5-10(9)17-12(8-14-15-17)11-6-3-7-16(11)13/h1-2,4-5,11-12H,3,6-8H2/t11-,12-/m0/s1. The normalized spacial score (nSPS) is 29.0. The average molecular weight is 242 g/mol. The highest BCUT2D eigenvalue weighted by molar-refractivity contribution is 6.01. The highest BCUT2D eigenvalue weighted by Crippen LogP contribution is 2.37. The summed E-state index contributed by atoms with van der Waals surface area (Å²) in [4.78, 5) is 14.6. The molecule has 18 heavy (non-hydrogen) atoms. The van der Waals surface area contributed by atoms with Crippen molar-refractivity contribution in [1.82, 2.24) is 4.90 Å². The molecule has 1 saturated heterocycles. The van der Waals surface area contributed by atoms with E-state index in [1.807, 2.05) is 34.2 Å². The molecule has 1 fully saturated rings. The van der Waals surface area contributed by atoms with E-state index in [2.05, 4.69) is 10.3 Å². The van der Waals surface area contributed by atoms with E-state index in [1.54, 1.807) is 0 Å². The van der Waals surface area contributed by atoms with Crippen molar-refractivity contribution in [3.05, 3.63) is 29.8 Å². The molecule has 2 atom stereocenters. The number of hydrogen-bond donors (Lipinski definition) is 0. The SMILES string of the molecule is O=C1c2ccccc2N2N=NC[C@H]2[C@@H]2CCCN12. The number of rotatable bonds is 0. The average Bonchev–Trinajstić information content (AvgIpc) is 3.04. The number of hydrogen-bond acceptors (Lipinski definition) is 4. The van der Waals surface area contributed by atoms with Crippen LogP contribution < -0.4 is 5.01 Å². The molecule has 1 amide bonds. The molecule has 3 aliphatic heterocycles. The van der Waals surface area contributed by atoms with E-state index in [1.165, 1.54) is 0 Å². The van der Waals surface area contributed by atoms with E-state index in [-0.39, 0.29) is 18.0 Å². The summed E-state index contributed by atoms with van der Waals surface area (Å²) < 4.78 is 0. The largest absolute Gasteiger partial charge is 0.333 e. The van der Waals surface area contributed by atoms with Crippen LogP contribution in [0.1, 0.15) is 23.2 Å². The predicted molar refractivity (Wildman–Crippen MR) is 66.5 cm³/mol. The Kier molecular flexibility index (Phi) is 1.98. The van der Waals surface area contributed by atoms with Gasteiger partial charge in [0.25, 0.3) is 5.91 Å². The van der Waals surface area contributed by atoms with Crippen molar-refractivity contribution in [2.75, 3.05) is 18.1 Å². The molecule has 0 bridgehead atoms. The summed E-state index contributed by atoms with van der Waals surface area (Å²) in [5.41, 5.74) is 1.66. The molecule has 0 N–H and O–H groups in total. The third-order valence-corrected chi connectivity index (χ3v) is 4.13. The summed E-state index contributed by atoms with van der Waals surface area (Å²) in [6, 6.07) is 8.21. The topological polar surface area (TPSA) is 48.3 Å². The van der Waals surface area contributed by atoms with Gasteiger partial charge in [-0.15, -0.1) is 0 Å². The van der Waals surface area contributed by atoms with Gasteiger partial charge in [-0.3, -0.25) is 4.79 Å². The van der Waals surface area contributed by atoms with Gasteiger partial charge in [-0.05, 0) is 25.0 Å². The smallest absolute Gasteiger partial charge is 0.256 e. The van der Waals surface area contributed by atoms with Crippen LogP contribution in [0.4, 0.5) is 5.69 Å². The molecule has 3 aliphatic rings. The molecular weight excluding hydrogens is 228 g/mol. The predicted octanol–water partition coefficient (Wildman–Crippen LogP) is 1.86. The molecule has 5 heteroatoms. The Morgan fingerprint density at radius 1 is 1.22 bits per heavy atom. The first kappa shape index (κ1) is 10.1. The Bertz CT molecular complexity index is 542. The van der Waals surface area contributed by atoms with Crippen molar-refractivity contribution in [3.63, 3.8) is 0 Å². The molecule has 3 heterocycles. The lowest BCUT2D eigenvalue weighted by molar-refractivity contribution is 0.0731. The van der Waals surface area contributed by atoms with Crippen LogP contribution in [0.5, 0.6) is 0 Å². The van der Waals surface area contributed by atoms with Gasteiger partial charge >= 0.3 is 0 Å². The van der Waals surface area contributed by atoms with Crippen LogP contribution in [0.15, 0.2) is 34.6 Å². The second-order valence-electron chi connectivity index (χ2n) is 5.05. The maximum absolute atomic E-state index is 12.6. The van der Waals surface area contributed by atoms with Gasteiger partial charge in [0, 0.05) is 6.54 Å². The number of carbonyl (C=O) groups is 1. The summed E-state index contributed by atoms with van der Waals surface area (Å²) in [5.74, 6) is 0.151. The van der Waals surface area contributed by atoms with Gasteiger partial charge in [-0.1, -0.05) is 17.4 Å². The fourth-order valence-corrected chi connectivity index (χ4v) is 3.30. The molecule has 0 unspecified atom stereocenters. The maximum atomic E-state index is 12.6. The summed E-state index contributed by atoms with van der Waals surface area (Å²) >= 11 is 0. The van der Waals surface area contributed by atoms with E-state index in [0.717, 1.165) is 30.6 Å². The van der Waals surface area contributed by atoms with Crippen LogP contribution in [0.2, 0.25) is 0 Å². The Hall–Kier alpha value is -1.91. The van der Waals surface area contributed by atoms with E-state index in [0.29, 0.717) is 6.54 Å². The number of carbonyl (C=O) groups excluding carboxylic acids is 1. The number of anilines is 1. The number of benzene rings is 1. The Balaban J connectivity index is 1.91. The van der Waals surface area contributed by atoms with E-state index >= 15 is 0 Å². The van der Waals surface area contributed by atoms with Gasteiger partial charge in [0.2, 0.25) is 0 Å². The second-order valence-corrected chi connectivity index (χ2v) is 5.05. The highest BCUT2D eigenvalue weighted by atomic mass is 16.2. The number of nitrogens with zero attached hydrogens (tertiary/aromatic N) is 4. The molecule has 5 nitrogen and oxygen atoms in total. The zero-order valence-corrected chi connectivity index (χ0v) is 9.99. The Morgan fingerprint density at radius 2 is 2.11 bits per heavy atom. The Morgan fingerprint density at radius 3 is 3.06 bits per heavy atom. The van der Waals surface area contributed by atoms with E-state index in [9.17, 15) is 4.79 Å². The fraction of sp³-hybridized carbons (Fsp3) is 0.462. The zero-order valence-electron chi connectivity index (χ0n) is 9.99. The van der Waals surface area contributed by atoms with Gasteiger partial charge in [0.1, 0.15) is 0 Å². The lowest BCUT2D eigenvalue weighted by Crippen LogP contribution is -2.46. The van der Waals surface area contributed by atoms with Gasteiger partial charge in [0.05, 0.1) is 29.9 Å². The summed E-state index contributed by atoms with van der Waals surface area (Å²) in [6.07, 6.45) is 2.15. The third kappa shape index (κ3) is 1.19. The monoisotopic (exact) mass is 242 g/mol. The van der Waals surface area contributed by atoms with E-state index in [4.69, 9.17) is 0 Å². The maximum Gasteiger partial charge on any atom is 0.256 e. The summed E-state index contributed by atoms with van der Waals surface area (Å²) in [6.45, 7) is 1.56. The third-order valence-electron chi connectivity index (χ3n) is 4.13. The minimum Gasteiger partial charge on any atom is -0.333 e. The van der Waals surface area contributed by atoms with Crippen molar-refractivity contribution in [2.24, 2.45) is 10.3 Å². The number of amides is 1. The quantitative estimate of drug-likeness (QED) is 0.697. The van der Waals surface area contributed by atoms with Crippen LogP contribution in [0, 0.1) is 0 Å². The molecule has 0 aliphatic carbocycles. The van der Waals surface area contributed by atoms with Crippen LogP contribution in [-0.4, -0.2) is 36.0 Å². The van der Waals surface area contributed by atoms with Crippen molar-refractivity contribution in [3.8, 4) is 0 Å². The van der Waals surface area contributed by atoms with E-state index < -0.39 is 0 Å². The van der Waals surface area contributed by atoms with Gasteiger partial charge in [0.15, 0.2) is 0 Å². The molecule has 0 saturated carbocycles. The lowest BCUT2D eigenvalue weighted by Gasteiger charge is -2.28. The summed E-state index contributed by atoms with van der Waals surface area (Å²) in [5, 5.41) is 10.3. The minimum atomic E-state index is 0.151. The molecule has 1 aromatic carbocycles. The first-order valence-electron chi connectivity index (χ1n) is 6.43. The fourth-order valence-electron chi connectivity index (χ4n) is 3.30. The van der Waals surface area contributed by atoms with Crippen LogP contribution >= 0.6 is 0 Å². The minimum absolute atomic E-state index is 0.151. The number of fused-ring (bicyclic) bond motifs is 5. The lowest BCUT2D eigenvalue weighted by atomic mass is 10.1. The second kappa shape index (κ2) is 3.54. The molecular formula is C13H14N4O. The zero-order chi connectivity index (χ0) is 12.1. The molecule has 0 aromatic heterocycles. The first-order chi connectivity index (χ1) is 8.86. The van der Waals surface area contributed by atoms with Crippen molar-refractivity contribution in [1.29, 1.82) is 0 Å². The number of para-hydroxylation sites is 1. The van der Waals surface area contributed by atoms with Crippen molar-refractivity contribution >= 4 is 11.6 Å². The first-order valence-corrected chi connectivity index (χ1v) is 6.43. The van der Waals surface area contributed by atoms with Gasteiger partial charge in [-0.2, -0.15) is 5.11 Å². The molecule has 0 spiro atoms. The summed E-state index contributed by atoms with van der Waals surface area (Å²) in [7, 11) is 0. The molecule has 1 aromatic rings. The van der Waals surface area contributed by atoms with Gasteiger partial charge in [-0.25, -0.2) is 5.01 Å². The van der Waals surface area contributed by atoms with Crippen molar-refractivity contribution in [2.45, 2.75) is 24.9 Å². The van der Waals surface area contributed by atoms with Crippen LogP contribution in [0.25, 0.3) is 0 Å². The molecule has 0 radical (unpaired) electrons. The molecule has 4 rings (SSSR count). The Labute approximate surface area is 105 Å². The molecule has 92 valence electrons. The van der Waals surface area contributed by atoms with Crippen LogP contribution in [0.3, 0.4) is 0 Å².